The van der Waals surface area contributed by atoms with E-state index in [4.69, 9.17) is 53.8 Å². The van der Waals surface area contributed by atoms with E-state index in [1.165, 1.54) is 57.2 Å². The van der Waals surface area contributed by atoms with E-state index in [9.17, 15) is 88.9 Å². The molecule has 8 aromatic rings. The molecule has 0 aliphatic heterocycles. The smallest absolute Gasteiger partial charge is 0.416 e. The van der Waals surface area contributed by atoms with Crippen LogP contribution >= 0.6 is 46.1 Å². The zero-order chi connectivity index (χ0) is 99.3. The number of unbranched alkanes of at least 4 members (excludes halogenated alkanes) is 1. The van der Waals surface area contributed by atoms with Crippen molar-refractivity contribution in [1.29, 1.82) is 5.26 Å². The third-order valence-corrected chi connectivity index (χ3v) is 19.7. The molecule has 0 bridgehead atoms. The second-order valence-corrected chi connectivity index (χ2v) is 31.9. The number of halogens is 12. The number of ketones is 3. The molecule has 3 atom stereocenters. The van der Waals surface area contributed by atoms with Crippen LogP contribution < -0.4 is 34.3 Å². The Morgan fingerprint density at radius 3 is 1.00 bits per heavy atom. The fourth-order valence-electron chi connectivity index (χ4n) is 11.1. The minimum absolute atomic E-state index is 0.0232. The van der Waals surface area contributed by atoms with Crippen LogP contribution in [0, 0.1) is 24.2 Å². The van der Waals surface area contributed by atoms with Crippen LogP contribution in [0.3, 0.4) is 0 Å². The molecule has 15 nitrogen and oxygen atoms in total. The van der Waals surface area contributed by atoms with Crippen LogP contribution in [-0.2, 0) is 42.5 Å². The molecule has 0 amide bonds. The summed E-state index contributed by atoms with van der Waals surface area (Å²) in [5, 5.41) is 42.7. The summed E-state index contributed by atoms with van der Waals surface area (Å²) >= 11 is 18.4. The molecule has 0 spiro atoms. The van der Waals surface area contributed by atoms with E-state index < -0.39 is 71.4 Å². The number of allylic oxidation sites excluding steroid dienone is 22. The number of hydrogen-bond donors (Lipinski definition) is 0. The number of carbonyl (C=O) groups excluding carboxylic acids is 6. The average Bonchev–Trinajstić information content (AvgIpc) is 1.76. The quantitative estimate of drug-likeness (QED) is 0.0196. The van der Waals surface area contributed by atoms with Gasteiger partial charge in [-0.1, -0.05) is 251 Å². The van der Waals surface area contributed by atoms with E-state index in [2.05, 4.69) is 140 Å². The number of aromatic nitrogens is 1. The van der Waals surface area contributed by atoms with Crippen LogP contribution in [0.4, 0.5) is 39.5 Å². The van der Waals surface area contributed by atoms with Crippen molar-refractivity contribution in [3.05, 3.63) is 362 Å². The Balaban J connectivity index is 0.000000414. The van der Waals surface area contributed by atoms with E-state index >= 15 is 0 Å². The fourth-order valence-corrected chi connectivity index (χ4v) is 12.4. The molecular weight excluding hydrogens is 1820 g/mol. The van der Waals surface area contributed by atoms with Gasteiger partial charge in [0.1, 0.15) is 34.1 Å². The number of aromatic carboxylic acids is 1. The number of thiazole rings is 1. The van der Waals surface area contributed by atoms with Crippen molar-refractivity contribution < 1.29 is 103 Å². The number of alkyl halides is 9. The van der Waals surface area contributed by atoms with Gasteiger partial charge in [0.05, 0.1) is 45.4 Å². The predicted molar refractivity (Wildman–Crippen MR) is 508 cm³/mol. The van der Waals surface area contributed by atoms with Gasteiger partial charge in [-0.3, -0.25) is 14.4 Å². The van der Waals surface area contributed by atoms with E-state index in [0.29, 0.717) is 84.7 Å². The number of aliphatic carboxylic acids is 2. The summed E-state index contributed by atoms with van der Waals surface area (Å²) in [6, 6.07) is 39.6. The molecule has 0 fully saturated rings. The number of hydrogen-bond acceptors (Lipinski definition) is 16. The van der Waals surface area contributed by atoms with Crippen LogP contribution in [0.2, 0.25) is 15.1 Å². The van der Waals surface area contributed by atoms with Crippen molar-refractivity contribution in [2.75, 3.05) is 6.61 Å². The lowest BCUT2D eigenvalue weighted by Gasteiger charge is -2.18. The highest BCUT2D eigenvalue weighted by Gasteiger charge is 2.34. The van der Waals surface area contributed by atoms with Crippen LogP contribution in [0.5, 0.6) is 23.0 Å². The molecule has 0 radical (unpaired) electrons. The molecule has 0 N–H and O–H groups in total. The van der Waals surface area contributed by atoms with Gasteiger partial charge in [-0.2, -0.15) is 44.8 Å². The van der Waals surface area contributed by atoms with Crippen molar-refractivity contribution in [2.45, 2.75) is 195 Å². The fraction of sp³-hybridized carbons (Fsp3) is 0.302. The van der Waals surface area contributed by atoms with Gasteiger partial charge in [0.25, 0.3) is 0 Å². The van der Waals surface area contributed by atoms with Crippen LogP contribution in [-0.4, -0.2) is 46.8 Å². The number of nitrogens with zero attached hydrogens (tertiary/aromatic N) is 2. The first-order chi connectivity index (χ1) is 63.8. The van der Waals surface area contributed by atoms with E-state index in [1.807, 2.05) is 32.1 Å². The number of rotatable bonds is 44. The van der Waals surface area contributed by atoms with Gasteiger partial charge in [0.15, 0.2) is 35.7 Å². The van der Waals surface area contributed by atoms with Crippen molar-refractivity contribution in [3.63, 3.8) is 0 Å². The van der Waals surface area contributed by atoms with Gasteiger partial charge in [-0.25, -0.2) is 4.98 Å². The minimum Gasteiger partial charge on any atom is -0.550 e. The Bertz CT molecular complexity index is 5010. The molecule has 134 heavy (non-hydrogen) atoms. The first-order valence-electron chi connectivity index (χ1n) is 43.0. The van der Waals surface area contributed by atoms with Crippen molar-refractivity contribution >= 4 is 81.4 Å². The third-order valence-electron chi connectivity index (χ3n) is 17.8. The zero-order valence-corrected chi connectivity index (χ0v) is 78.9. The second kappa shape index (κ2) is 65.3. The highest BCUT2D eigenvalue weighted by Crippen LogP contribution is 2.38. The number of ether oxygens (including phenoxy) is 4. The summed E-state index contributed by atoms with van der Waals surface area (Å²) in [6.45, 7) is 14.4. The Hall–Kier alpha value is -12.3. The Labute approximate surface area is 798 Å². The largest absolute Gasteiger partial charge is 0.550 e. The molecule has 0 aliphatic rings. The third kappa shape index (κ3) is 51.1. The zero-order valence-electron chi connectivity index (χ0n) is 75.8. The average molecular weight is 1930 g/mol. The molecule has 0 aliphatic carbocycles. The first kappa shape index (κ1) is 116. The Morgan fingerprint density at radius 2 is 0.731 bits per heavy atom. The number of carboxylic acids is 3. The van der Waals surface area contributed by atoms with Crippen molar-refractivity contribution in [3.8, 4) is 39.6 Å². The van der Waals surface area contributed by atoms with Gasteiger partial charge in [-0.15, -0.1) is 11.3 Å². The van der Waals surface area contributed by atoms with Crippen LogP contribution in [0.1, 0.15) is 224 Å². The minimum atomic E-state index is -4.47. The van der Waals surface area contributed by atoms with Crippen LogP contribution in [0.25, 0.3) is 10.6 Å². The Morgan fingerprint density at radius 1 is 0.425 bits per heavy atom. The van der Waals surface area contributed by atoms with Gasteiger partial charge in [0, 0.05) is 32.6 Å². The summed E-state index contributed by atoms with van der Waals surface area (Å²) < 4.78 is 136. The molecule has 0 saturated heterocycles. The summed E-state index contributed by atoms with van der Waals surface area (Å²) in [4.78, 5) is 70.9. The second-order valence-electron chi connectivity index (χ2n) is 29.6. The first-order valence-corrected chi connectivity index (χ1v) is 44.9. The molecule has 28 heteroatoms. The molecule has 1 aromatic heterocycles. The molecule has 8 rings (SSSR count). The number of carboxylic acid groups (broad SMARTS) is 3. The van der Waals surface area contributed by atoms with E-state index in [1.54, 1.807) is 97.9 Å². The maximum atomic E-state index is 12.7. The lowest BCUT2D eigenvalue weighted by atomic mass is 10.1. The van der Waals surface area contributed by atoms with Crippen molar-refractivity contribution in [2.24, 2.45) is 5.92 Å². The summed E-state index contributed by atoms with van der Waals surface area (Å²) in [5.74, 6) is -3.34. The van der Waals surface area contributed by atoms with Gasteiger partial charge >= 0.3 is 18.5 Å². The maximum absolute atomic E-state index is 12.7. The number of nitriles is 1. The highest BCUT2D eigenvalue weighted by atomic mass is 35.5. The molecule has 716 valence electrons. The standard InChI is InChI=1S/C22H32O2.C20H30O2.3C16H12ClF3O2.C16H16N2O3S/c1-2-3-4-5-6-7-8-9-10-11-12-13-14-15-16-17-18-19-20-21-22(23)24;1-2-3-4-5-6-7-8-9-10-11-12-13-14-15-16-17-18-19-20(21)22;3*1-10(21)15(11-5-7-13(17)8-6-11)22-14-4-2-3-12(9-14)16(18,19)20;1-9(2)8-21-13-5-4-11(6-12(13)7-17)15-18-10(3)14(22-15)16(19)20/h3-4,6-7,9-10,12-13,15-16,18-19H,2,5,8,11,14,17,20-21H2,1H3,(H,23,24);3-4,6-7,9-10,12-13,15-16H,2,5,8,11,14,17-19H2,1H3,(H,21,22);3*2-9,15H,1H3;4-6,9H,8H2,1-3H3,(H,19,20)/p-3/b4-3-,7-6-,10-9-,13-12-,16-15-,19-18-;4-3-,7-6-,10-9-,13-12-,16-15-;;;;/t;;2*15-;;/m..10../s1. The molecule has 1 heterocycles. The van der Waals surface area contributed by atoms with E-state index in [-0.39, 0.29) is 52.3 Å². The summed E-state index contributed by atoms with van der Waals surface area (Å²) in [7, 11) is 0. The summed E-state index contributed by atoms with van der Waals surface area (Å²) in [6.07, 6.45) is 43.8. The van der Waals surface area contributed by atoms with E-state index in [0.717, 1.165) is 125 Å². The van der Waals surface area contributed by atoms with Crippen LogP contribution in [0.15, 0.2) is 297 Å². The maximum Gasteiger partial charge on any atom is 0.416 e. The number of benzene rings is 7. The lowest BCUT2D eigenvalue weighted by Crippen LogP contribution is -2.21. The number of carbonyl (C=O) groups is 6. The lowest BCUT2D eigenvalue weighted by molar-refractivity contribution is -0.307. The summed E-state index contributed by atoms with van der Waals surface area (Å²) in [5.41, 5.74) is 0.585. The Kier molecular flexibility index (Phi) is 56.4. The molecule has 1 unspecified atom stereocenters. The predicted octanol–water partition coefficient (Wildman–Crippen LogP) is 27.5. The van der Waals surface area contributed by atoms with Gasteiger partial charge in [-0.05, 0) is 262 Å². The van der Waals surface area contributed by atoms with Crippen molar-refractivity contribution in [1.82, 2.24) is 4.98 Å². The van der Waals surface area contributed by atoms with Gasteiger partial charge in [0.2, 0.25) is 0 Å². The topological polar surface area (TPSA) is 245 Å². The highest BCUT2D eigenvalue weighted by molar-refractivity contribution is 7.17. The SMILES string of the molecule is CC(=O)C(Oc1cccc(C(F)(F)F)c1)c1ccc(Cl)cc1.CC(=O)[C@@H](Oc1cccc(C(F)(F)F)c1)c1ccc(Cl)cc1.CC(=O)[C@H](Oc1cccc(C(F)(F)F)c1)c1ccc(Cl)cc1.CC/C=C\C/C=C\C/C=C\C/C=C\C/C=C\C/C=C\CCC(=O)[O-].CC/C=C\C/C=C\C/C=C\C/C=C\C/C=C\CCCC(=O)[O-].Cc1nc(-c2ccc(OCC(C)C)c(C#N)c2)sc1C(=O)[O-]. The molecular formula is C106H111Cl3F9N2O13S-3. The normalized spacial score (nSPS) is 12.4. The monoisotopic (exact) mass is 1930 g/mol. The van der Waals surface area contributed by atoms with Gasteiger partial charge < -0.3 is 48.7 Å². The number of Topliss-reactive ketones (excluding diaryl/α,β-unsaturated/α-hetero) is 3. The molecule has 0 saturated carbocycles. The number of aryl methyl sites for hydroxylation is 1. The molecule has 7 aromatic carbocycles.